The molecule has 0 saturated carbocycles. The van der Waals surface area contributed by atoms with Crippen LogP contribution in [0.1, 0.15) is 11.1 Å². The summed E-state index contributed by atoms with van der Waals surface area (Å²) < 4.78 is 5.06. The molecule has 0 saturated heterocycles. The summed E-state index contributed by atoms with van der Waals surface area (Å²) in [6.45, 7) is 1.65. The van der Waals surface area contributed by atoms with Crippen molar-refractivity contribution in [3.8, 4) is 0 Å². The van der Waals surface area contributed by atoms with Gasteiger partial charge in [0.25, 0.3) is 0 Å². The van der Waals surface area contributed by atoms with E-state index in [0.29, 0.717) is 0 Å². The van der Waals surface area contributed by atoms with Crippen molar-refractivity contribution in [1.29, 1.82) is 0 Å². The van der Waals surface area contributed by atoms with Gasteiger partial charge in [-0.3, -0.25) is 0 Å². The van der Waals surface area contributed by atoms with Gasteiger partial charge in [-0.2, -0.15) is 0 Å². The monoisotopic (exact) mass is 231 g/mol. The highest BCUT2D eigenvalue weighted by Gasteiger charge is 2.05. The maximum absolute atomic E-state index is 5.06. The highest BCUT2D eigenvalue weighted by atomic mass is 16.3. The standard InChI is InChI=1S/C13H17N3O/c1-14-8-11-3-5-15-13(7-11)16(2)9-12-4-6-17-10-12/h3-7,10,14H,8-9H2,1-2H3. The van der Waals surface area contributed by atoms with Crippen LogP contribution in [0.3, 0.4) is 0 Å². The Bertz CT molecular complexity index is 453. The molecule has 4 nitrogen and oxygen atoms in total. The van der Waals surface area contributed by atoms with E-state index < -0.39 is 0 Å². The summed E-state index contributed by atoms with van der Waals surface area (Å²) >= 11 is 0. The van der Waals surface area contributed by atoms with Crippen LogP contribution in [-0.4, -0.2) is 19.1 Å². The lowest BCUT2D eigenvalue weighted by Crippen LogP contribution is -2.17. The van der Waals surface area contributed by atoms with Gasteiger partial charge in [0, 0.05) is 31.9 Å². The Kier molecular flexibility index (Phi) is 3.77. The fourth-order valence-corrected chi connectivity index (χ4v) is 1.72. The summed E-state index contributed by atoms with van der Waals surface area (Å²) in [4.78, 5) is 6.47. The number of nitrogens with one attached hydrogen (secondary N) is 1. The maximum Gasteiger partial charge on any atom is 0.128 e. The quantitative estimate of drug-likeness (QED) is 0.855. The Morgan fingerprint density at radius 2 is 2.24 bits per heavy atom. The van der Waals surface area contributed by atoms with Crippen molar-refractivity contribution in [2.24, 2.45) is 0 Å². The Morgan fingerprint density at radius 1 is 1.35 bits per heavy atom. The van der Waals surface area contributed by atoms with Crippen LogP contribution in [-0.2, 0) is 13.1 Å². The van der Waals surface area contributed by atoms with Crippen LogP contribution in [0, 0.1) is 0 Å². The topological polar surface area (TPSA) is 41.3 Å². The summed E-state index contributed by atoms with van der Waals surface area (Å²) in [5, 5.41) is 3.13. The Morgan fingerprint density at radius 3 is 2.94 bits per heavy atom. The minimum absolute atomic E-state index is 0.798. The number of hydrogen-bond acceptors (Lipinski definition) is 4. The van der Waals surface area contributed by atoms with Gasteiger partial charge in [0.2, 0.25) is 0 Å². The number of hydrogen-bond donors (Lipinski definition) is 1. The summed E-state index contributed by atoms with van der Waals surface area (Å²) in [7, 11) is 3.97. The van der Waals surface area contributed by atoms with E-state index in [1.54, 1.807) is 12.5 Å². The van der Waals surface area contributed by atoms with Crippen LogP contribution in [0.4, 0.5) is 5.82 Å². The van der Waals surface area contributed by atoms with Crippen LogP contribution in [0.15, 0.2) is 41.3 Å². The zero-order chi connectivity index (χ0) is 12.1. The Balaban J connectivity index is 2.07. The number of aromatic nitrogens is 1. The molecule has 0 bridgehead atoms. The van der Waals surface area contributed by atoms with E-state index in [1.165, 1.54) is 5.56 Å². The third-order valence-electron chi connectivity index (χ3n) is 2.58. The van der Waals surface area contributed by atoms with E-state index in [-0.39, 0.29) is 0 Å². The lowest BCUT2D eigenvalue weighted by molar-refractivity contribution is 0.563. The molecule has 4 heteroatoms. The minimum atomic E-state index is 0.798. The fraction of sp³-hybridized carbons (Fsp3) is 0.308. The van der Waals surface area contributed by atoms with E-state index in [9.17, 15) is 0 Å². The van der Waals surface area contributed by atoms with Crippen molar-refractivity contribution in [2.75, 3.05) is 19.0 Å². The van der Waals surface area contributed by atoms with Crippen LogP contribution < -0.4 is 10.2 Å². The first-order valence-corrected chi connectivity index (χ1v) is 5.61. The van der Waals surface area contributed by atoms with Crippen molar-refractivity contribution in [2.45, 2.75) is 13.1 Å². The van der Waals surface area contributed by atoms with Gasteiger partial charge in [-0.05, 0) is 30.8 Å². The van der Waals surface area contributed by atoms with Crippen LogP contribution in [0.2, 0.25) is 0 Å². The number of furan rings is 1. The maximum atomic E-state index is 5.06. The predicted molar refractivity (Wildman–Crippen MR) is 67.8 cm³/mol. The SMILES string of the molecule is CNCc1ccnc(N(C)Cc2ccoc2)c1. The fourth-order valence-electron chi connectivity index (χ4n) is 1.72. The van der Waals surface area contributed by atoms with Gasteiger partial charge in [0.1, 0.15) is 5.82 Å². The van der Waals surface area contributed by atoms with Crippen LogP contribution in [0.5, 0.6) is 0 Å². The molecule has 0 fully saturated rings. The van der Waals surface area contributed by atoms with E-state index in [0.717, 1.165) is 24.5 Å². The summed E-state index contributed by atoms with van der Waals surface area (Å²) in [6.07, 6.45) is 5.29. The molecule has 90 valence electrons. The van der Waals surface area contributed by atoms with Gasteiger partial charge in [-0.15, -0.1) is 0 Å². The third kappa shape index (κ3) is 3.07. The van der Waals surface area contributed by atoms with Crippen molar-refractivity contribution < 1.29 is 4.42 Å². The zero-order valence-corrected chi connectivity index (χ0v) is 10.2. The van der Waals surface area contributed by atoms with Crippen molar-refractivity contribution in [1.82, 2.24) is 10.3 Å². The molecule has 0 aliphatic heterocycles. The smallest absolute Gasteiger partial charge is 0.128 e. The molecule has 0 atom stereocenters. The van der Waals surface area contributed by atoms with Gasteiger partial charge in [-0.1, -0.05) is 0 Å². The van der Waals surface area contributed by atoms with Gasteiger partial charge >= 0.3 is 0 Å². The molecule has 0 amide bonds. The second-order valence-electron chi connectivity index (χ2n) is 4.04. The molecule has 0 aromatic carbocycles. The number of rotatable bonds is 5. The average Bonchev–Trinajstić information content (AvgIpc) is 2.83. The first kappa shape index (κ1) is 11.7. The normalized spacial score (nSPS) is 10.5. The molecule has 0 spiro atoms. The molecule has 0 unspecified atom stereocenters. The van der Waals surface area contributed by atoms with Crippen molar-refractivity contribution in [3.05, 3.63) is 48.0 Å². The van der Waals surface area contributed by atoms with E-state index in [2.05, 4.69) is 21.3 Å². The molecule has 1 N–H and O–H groups in total. The lowest BCUT2D eigenvalue weighted by atomic mass is 10.2. The average molecular weight is 231 g/mol. The van der Waals surface area contributed by atoms with Gasteiger partial charge in [0.05, 0.1) is 12.5 Å². The van der Waals surface area contributed by atoms with Crippen LogP contribution >= 0.6 is 0 Å². The Labute approximate surface area is 101 Å². The summed E-state index contributed by atoms with van der Waals surface area (Å²) in [5.74, 6) is 0.971. The van der Waals surface area contributed by atoms with Gasteiger partial charge in [-0.25, -0.2) is 4.98 Å². The first-order valence-electron chi connectivity index (χ1n) is 5.61. The zero-order valence-electron chi connectivity index (χ0n) is 10.2. The molecule has 2 heterocycles. The van der Waals surface area contributed by atoms with Gasteiger partial charge < -0.3 is 14.6 Å². The highest BCUT2D eigenvalue weighted by molar-refractivity contribution is 5.40. The van der Waals surface area contributed by atoms with Crippen molar-refractivity contribution in [3.63, 3.8) is 0 Å². The lowest BCUT2D eigenvalue weighted by Gasteiger charge is -2.17. The molecule has 17 heavy (non-hydrogen) atoms. The highest BCUT2D eigenvalue weighted by Crippen LogP contribution is 2.14. The molecule has 0 aliphatic rings. The van der Waals surface area contributed by atoms with Crippen molar-refractivity contribution >= 4 is 5.82 Å². The van der Waals surface area contributed by atoms with E-state index in [1.807, 2.05) is 32.4 Å². The number of pyridine rings is 1. The second kappa shape index (κ2) is 5.50. The second-order valence-corrected chi connectivity index (χ2v) is 4.04. The Hall–Kier alpha value is -1.81. The van der Waals surface area contributed by atoms with Gasteiger partial charge in [0.15, 0.2) is 0 Å². The van der Waals surface area contributed by atoms with E-state index in [4.69, 9.17) is 4.42 Å². The van der Waals surface area contributed by atoms with Crippen LogP contribution in [0.25, 0.3) is 0 Å². The molecule has 2 aromatic rings. The summed E-state index contributed by atoms with van der Waals surface area (Å²) in [5.41, 5.74) is 2.38. The largest absolute Gasteiger partial charge is 0.472 e. The molecule has 0 radical (unpaired) electrons. The predicted octanol–water partition coefficient (Wildman–Crippen LogP) is 2.03. The minimum Gasteiger partial charge on any atom is -0.472 e. The molecular weight excluding hydrogens is 214 g/mol. The first-order chi connectivity index (χ1) is 8.29. The number of anilines is 1. The number of nitrogens with zero attached hydrogens (tertiary/aromatic N) is 2. The molecule has 2 aromatic heterocycles. The van der Waals surface area contributed by atoms with E-state index >= 15 is 0 Å². The molecular formula is C13H17N3O. The molecule has 0 aliphatic carbocycles. The third-order valence-corrected chi connectivity index (χ3v) is 2.58. The molecule has 2 rings (SSSR count). The summed E-state index contributed by atoms with van der Waals surface area (Å²) in [6, 6.07) is 6.08.